The van der Waals surface area contributed by atoms with Crippen LogP contribution >= 0.6 is 0 Å². The summed E-state index contributed by atoms with van der Waals surface area (Å²) in [7, 11) is -0.346. The number of aromatic nitrogens is 3. The lowest BCUT2D eigenvalue weighted by Gasteiger charge is -2.10. The summed E-state index contributed by atoms with van der Waals surface area (Å²) in [4.78, 5) is 17.7. The van der Waals surface area contributed by atoms with E-state index in [9.17, 15) is 13.2 Å². The van der Waals surface area contributed by atoms with Crippen LogP contribution in [0.15, 0.2) is 35.2 Å². The van der Waals surface area contributed by atoms with Gasteiger partial charge in [-0.05, 0) is 50.1 Å². The lowest BCUT2D eigenvalue weighted by Crippen LogP contribution is -2.34. The maximum atomic E-state index is 12.9. The van der Waals surface area contributed by atoms with Crippen LogP contribution in [0.3, 0.4) is 0 Å². The van der Waals surface area contributed by atoms with Crippen molar-refractivity contribution in [1.29, 1.82) is 0 Å². The van der Waals surface area contributed by atoms with Gasteiger partial charge in [-0.3, -0.25) is 9.48 Å². The molecule has 1 saturated carbocycles. The third kappa shape index (κ3) is 4.40. The molecule has 3 aromatic rings. The smallest absolute Gasteiger partial charge is 0.252 e. The molecule has 1 aromatic carbocycles. The highest BCUT2D eigenvalue weighted by molar-refractivity contribution is 7.89. The molecular weight excluding hydrogens is 418 g/mol. The molecule has 164 valence electrons. The van der Waals surface area contributed by atoms with E-state index in [-0.39, 0.29) is 23.9 Å². The molecule has 1 fully saturated rings. The SMILES string of the molecule is COc1ccc(S(=O)(=O)NCCNC(=O)c2cc(C3CC3)nc3c2c(C)nn3C)cc1. The Labute approximate surface area is 180 Å². The second-order valence-electron chi connectivity index (χ2n) is 7.61. The maximum Gasteiger partial charge on any atom is 0.252 e. The molecule has 0 spiro atoms. The molecule has 1 aliphatic rings. The fraction of sp³-hybridized carbons (Fsp3) is 0.381. The van der Waals surface area contributed by atoms with Crippen LogP contribution in [0.2, 0.25) is 0 Å². The number of hydrogen-bond donors (Lipinski definition) is 2. The van der Waals surface area contributed by atoms with E-state index in [0.717, 1.165) is 29.6 Å². The molecule has 31 heavy (non-hydrogen) atoms. The number of carbonyl (C=O) groups excluding carboxylic acids is 1. The van der Waals surface area contributed by atoms with Crippen molar-refractivity contribution in [3.05, 3.63) is 47.3 Å². The molecular formula is C21H25N5O4S. The molecule has 0 unspecified atom stereocenters. The number of fused-ring (bicyclic) bond motifs is 1. The maximum absolute atomic E-state index is 12.9. The molecule has 0 saturated heterocycles. The van der Waals surface area contributed by atoms with E-state index in [1.54, 1.807) is 16.8 Å². The van der Waals surface area contributed by atoms with Gasteiger partial charge in [0.2, 0.25) is 10.0 Å². The predicted octanol–water partition coefficient (Wildman–Crippen LogP) is 1.87. The van der Waals surface area contributed by atoms with Crippen molar-refractivity contribution in [3.8, 4) is 5.75 Å². The highest BCUT2D eigenvalue weighted by Gasteiger charge is 2.28. The summed E-state index contributed by atoms with van der Waals surface area (Å²) in [6, 6.07) is 7.94. The van der Waals surface area contributed by atoms with E-state index in [0.29, 0.717) is 22.9 Å². The van der Waals surface area contributed by atoms with Crippen LogP contribution in [0.4, 0.5) is 0 Å². The summed E-state index contributed by atoms with van der Waals surface area (Å²) >= 11 is 0. The minimum atomic E-state index is -3.68. The number of amides is 1. The van der Waals surface area contributed by atoms with Crippen molar-refractivity contribution < 1.29 is 17.9 Å². The molecule has 0 atom stereocenters. The number of carbonyl (C=O) groups is 1. The number of benzene rings is 1. The van der Waals surface area contributed by atoms with Crippen LogP contribution < -0.4 is 14.8 Å². The van der Waals surface area contributed by atoms with Crippen LogP contribution in [0.1, 0.15) is 40.5 Å². The molecule has 1 aliphatic carbocycles. The van der Waals surface area contributed by atoms with Gasteiger partial charge in [0, 0.05) is 31.7 Å². The number of rotatable bonds is 8. The monoisotopic (exact) mass is 443 g/mol. The van der Waals surface area contributed by atoms with E-state index in [1.165, 1.54) is 19.2 Å². The standard InChI is InChI=1S/C21H25N5O4S/c1-13-19-17(12-18(14-4-5-14)24-20(19)26(2)25-13)21(27)22-10-11-23-31(28,29)16-8-6-15(30-3)7-9-16/h6-9,12,14,23H,4-5,10-11H2,1-3H3,(H,22,27). The first-order valence-electron chi connectivity index (χ1n) is 10.1. The van der Waals surface area contributed by atoms with Crippen molar-refractivity contribution in [2.45, 2.75) is 30.6 Å². The Morgan fingerprint density at radius 1 is 1.23 bits per heavy atom. The molecule has 2 heterocycles. The van der Waals surface area contributed by atoms with Gasteiger partial charge in [-0.25, -0.2) is 18.1 Å². The minimum absolute atomic E-state index is 0.0653. The summed E-state index contributed by atoms with van der Waals surface area (Å²) in [5.41, 5.74) is 2.85. The number of ether oxygens (including phenoxy) is 1. The second kappa shape index (κ2) is 8.27. The summed E-state index contributed by atoms with van der Waals surface area (Å²) in [6.07, 6.45) is 2.15. The van der Waals surface area contributed by atoms with Crippen molar-refractivity contribution in [1.82, 2.24) is 24.8 Å². The highest BCUT2D eigenvalue weighted by Crippen LogP contribution is 2.40. The van der Waals surface area contributed by atoms with Gasteiger partial charge in [0.25, 0.3) is 5.91 Å². The number of methoxy groups -OCH3 is 1. The Bertz CT molecular complexity index is 1230. The Morgan fingerprint density at radius 2 is 1.94 bits per heavy atom. The molecule has 10 heteroatoms. The number of aryl methyl sites for hydroxylation is 2. The number of hydrogen-bond acceptors (Lipinski definition) is 6. The Balaban J connectivity index is 1.44. The molecule has 4 rings (SSSR count). The van der Waals surface area contributed by atoms with E-state index < -0.39 is 10.0 Å². The molecule has 2 aromatic heterocycles. The van der Waals surface area contributed by atoms with E-state index in [2.05, 4.69) is 15.1 Å². The van der Waals surface area contributed by atoms with Gasteiger partial charge >= 0.3 is 0 Å². The third-order valence-electron chi connectivity index (χ3n) is 5.30. The van der Waals surface area contributed by atoms with Gasteiger partial charge in [0.15, 0.2) is 5.65 Å². The van der Waals surface area contributed by atoms with E-state index in [1.807, 2.05) is 20.0 Å². The molecule has 0 bridgehead atoms. The number of sulfonamides is 1. The number of pyridine rings is 1. The molecule has 1 amide bonds. The summed E-state index contributed by atoms with van der Waals surface area (Å²) in [5.74, 6) is 0.697. The molecule has 9 nitrogen and oxygen atoms in total. The van der Waals surface area contributed by atoms with Gasteiger partial charge in [0.05, 0.1) is 28.6 Å². The first kappa shape index (κ1) is 21.3. The number of nitrogens with one attached hydrogen (secondary N) is 2. The van der Waals surface area contributed by atoms with Crippen LogP contribution in [-0.4, -0.2) is 49.3 Å². The molecule has 2 N–H and O–H groups in total. The van der Waals surface area contributed by atoms with Gasteiger partial charge < -0.3 is 10.1 Å². The Morgan fingerprint density at radius 3 is 2.58 bits per heavy atom. The van der Waals surface area contributed by atoms with Crippen LogP contribution in [0, 0.1) is 6.92 Å². The predicted molar refractivity (Wildman–Crippen MR) is 116 cm³/mol. The quantitative estimate of drug-likeness (QED) is 0.514. The van der Waals surface area contributed by atoms with E-state index in [4.69, 9.17) is 9.72 Å². The number of nitrogens with zero attached hydrogens (tertiary/aromatic N) is 3. The normalized spacial score (nSPS) is 14.0. The average Bonchev–Trinajstić information content (AvgIpc) is 3.57. The summed E-state index contributed by atoms with van der Waals surface area (Å²) < 4.78 is 34.1. The topological polar surface area (TPSA) is 115 Å². The Hall–Kier alpha value is -2.98. The zero-order valence-corrected chi connectivity index (χ0v) is 18.5. The highest BCUT2D eigenvalue weighted by atomic mass is 32.2. The fourth-order valence-electron chi connectivity index (χ4n) is 3.53. The summed E-state index contributed by atoms with van der Waals surface area (Å²) in [6.45, 7) is 2.06. The van der Waals surface area contributed by atoms with Crippen LogP contribution in [-0.2, 0) is 17.1 Å². The van der Waals surface area contributed by atoms with Gasteiger partial charge in [-0.2, -0.15) is 5.10 Å². The zero-order chi connectivity index (χ0) is 22.2. The first-order chi connectivity index (χ1) is 14.8. The third-order valence-corrected chi connectivity index (χ3v) is 6.78. The Kier molecular flexibility index (Phi) is 5.67. The van der Waals surface area contributed by atoms with Crippen molar-refractivity contribution >= 4 is 27.0 Å². The summed E-state index contributed by atoms with van der Waals surface area (Å²) in [5, 5.41) is 7.93. The zero-order valence-electron chi connectivity index (χ0n) is 17.7. The minimum Gasteiger partial charge on any atom is -0.497 e. The largest absolute Gasteiger partial charge is 0.497 e. The van der Waals surface area contributed by atoms with Crippen molar-refractivity contribution in [2.75, 3.05) is 20.2 Å². The van der Waals surface area contributed by atoms with Gasteiger partial charge in [0.1, 0.15) is 5.75 Å². The van der Waals surface area contributed by atoms with Gasteiger partial charge in [-0.15, -0.1) is 0 Å². The second-order valence-corrected chi connectivity index (χ2v) is 9.37. The lowest BCUT2D eigenvalue weighted by molar-refractivity contribution is 0.0955. The average molecular weight is 444 g/mol. The fourth-order valence-corrected chi connectivity index (χ4v) is 4.56. The van der Waals surface area contributed by atoms with Crippen molar-refractivity contribution in [3.63, 3.8) is 0 Å². The molecule has 0 aliphatic heterocycles. The van der Waals surface area contributed by atoms with Crippen LogP contribution in [0.25, 0.3) is 11.0 Å². The van der Waals surface area contributed by atoms with Crippen LogP contribution in [0.5, 0.6) is 5.75 Å². The lowest BCUT2D eigenvalue weighted by atomic mass is 10.1. The first-order valence-corrected chi connectivity index (χ1v) is 11.5. The van der Waals surface area contributed by atoms with Crippen molar-refractivity contribution in [2.24, 2.45) is 7.05 Å². The molecule has 0 radical (unpaired) electrons. The van der Waals surface area contributed by atoms with Gasteiger partial charge in [-0.1, -0.05) is 0 Å². The van der Waals surface area contributed by atoms with E-state index >= 15 is 0 Å².